The highest BCUT2D eigenvalue weighted by Crippen LogP contribution is 2.30. The van der Waals surface area contributed by atoms with Crippen LogP contribution in [0.5, 0.6) is 0 Å². The standard InChI is InChI=1S/C11H7F3N2S/c12-11(13,14)9-3-1-7(2-4-9)8-5-10(17)16-15-6-8/h1-6H,(H,16,17). The monoisotopic (exact) mass is 256 g/mol. The fraction of sp³-hybridized carbons (Fsp3) is 0.0909. The zero-order valence-electron chi connectivity index (χ0n) is 8.45. The van der Waals surface area contributed by atoms with Gasteiger partial charge in [0.2, 0.25) is 0 Å². The van der Waals surface area contributed by atoms with E-state index < -0.39 is 11.7 Å². The Morgan fingerprint density at radius 2 is 1.71 bits per heavy atom. The van der Waals surface area contributed by atoms with Gasteiger partial charge >= 0.3 is 6.18 Å². The van der Waals surface area contributed by atoms with E-state index >= 15 is 0 Å². The van der Waals surface area contributed by atoms with E-state index in [1.165, 1.54) is 18.3 Å². The lowest BCUT2D eigenvalue weighted by atomic mass is 10.1. The van der Waals surface area contributed by atoms with Crippen molar-refractivity contribution in [3.8, 4) is 11.1 Å². The van der Waals surface area contributed by atoms with Gasteiger partial charge in [0, 0.05) is 5.56 Å². The van der Waals surface area contributed by atoms with Crippen LogP contribution < -0.4 is 0 Å². The molecule has 0 saturated carbocycles. The Labute approximate surface area is 100 Å². The van der Waals surface area contributed by atoms with Crippen molar-refractivity contribution in [3.63, 3.8) is 0 Å². The van der Waals surface area contributed by atoms with Gasteiger partial charge in [-0.1, -0.05) is 24.4 Å². The van der Waals surface area contributed by atoms with E-state index in [2.05, 4.69) is 10.2 Å². The fourth-order valence-electron chi connectivity index (χ4n) is 1.39. The summed E-state index contributed by atoms with van der Waals surface area (Å²) in [6.45, 7) is 0. The molecule has 0 unspecified atom stereocenters. The molecule has 1 aromatic heterocycles. The van der Waals surface area contributed by atoms with Gasteiger partial charge in [0.25, 0.3) is 0 Å². The summed E-state index contributed by atoms with van der Waals surface area (Å²) in [5, 5.41) is 6.34. The number of aromatic nitrogens is 2. The number of H-pyrrole nitrogens is 1. The summed E-state index contributed by atoms with van der Waals surface area (Å²) >= 11 is 4.89. The molecule has 1 aromatic carbocycles. The van der Waals surface area contributed by atoms with Crippen LogP contribution in [0.25, 0.3) is 11.1 Å². The van der Waals surface area contributed by atoms with Gasteiger partial charge in [0.1, 0.15) is 4.64 Å². The highest BCUT2D eigenvalue weighted by molar-refractivity contribution is 7.71. The largest absolute Gasteiger partial charge is 0.416 e. The van der Waals surface area contributed by atoms with Crippen molar-refractivity contribution in [2.24, 2.45) is 0 Å². The van der Waals surface area contributed by atoms with Crippen LogP contribution in [0.4, 0.5) is 13.2 Å². The van der Waals surface area contributed by atoms with Crippen LogP contribution in [0.2, 0.25) is 0 Å². The van der Waals surface area contributed by atoms with Crippen LogP contribution in [-0.4, -0.2) is 10.2 Å². The first-order chi connectivity index (χ1) is 7.97. The van der Waals surface area contributed by atoms with Crippen molar-refractivity contribution < 1.29 is 13.2 Å². The Bertz CT molecular complexity index is 572. The van der Waals surface area contributed by atoms with Crippen LogP contribution in [0.15, 0.2) is 36.5 Å². The summed E-state index contributed by atoms with van der Waals surface area (Å²) in [5.41, 5.74) is 0.656. The van der Waals surface area contributed by atoms with E-state index in [0.29, 0.717) is 15.8 Å². The van der Waals surface area contributed by atoms with E-state index in [0.717, 1.165) is 12.1 Å². The molecule has 2 aromatic rings. The van der Waals surface area contributed by atoms with Gasteiger partial charge in [0.15, 0.2) is 0 Å². The SMILES string of the molecule is FC(F)(F)c1ccc(-c2cn[nH]c(=S)c2)cc1. The molecular weight excluding hydrogens is 249 g/mol. The Balaban J connectivity index is 2.39. The van der Waals surface area contributed by atoms with Crippen LogP contribution in [0.1, 0.15) is 5.56 Å². The summed E-state index contributed by atoms with van der Waals surface area (Å²) in [6, 6.07) is 6.51. The van der Waals surface area contributed by atoms with Gasteiger partial charge < -0.3 is 0 Å². The lowest BCUT2D eigenvalue weighted by Crippen LogP contribution is -2.04. The van der Waals surface area contributed by atoms with Gasteiger partial charge in [-0.2, -0.15) is 18.3 Å². The maximum Gasteiger partial charge on any atom is 0.416 e. The van der Waals surface area contributed by atoms with Gasteiger partial charge in [0.05, 0.1) is 11.8 Å². The second-order valence-electron chi connectivity index (χ2n) is 3.41. The van der Waals surface area contributed by atoms with Crippen LogP contribution in [0.3, 0.4) is 0 Å². The van der Waals surface area contributed by atoms with E-state index in [4.69, 9.17) is 12.2 Å². The molecule has 17 heavy (non-hydrogen) atoms. The molecule has 0 spiro atoms. The van der Waals surface area contributed by atoms with E-state index in [9.17, 15) is 13.2 Å². The molecule has 1 N–H and O–H groups in total. The number of alkyl halides is 3. The molecule has 0 bridgehead atoms. The molecule has 1 heterocycles. The summed E-state index contributed by atoms with van der Waals surface area (Å²) in [7, 11) is 0. The van der Waals surface area contributed by atoms with Crippen molar-refractivity contribution in [2.45, 2.75) is 6.18 Å². The van der Waals surface area contributed by atoms with Gasteiger partial charge in [-0.15, -0.1) is 0 Å². The van der Waals surface area contributed by atoms with Crippen molar-refractivity contribution >= 4 is 12.2 Å². The third-order valence-electron chi connectivity index (χ3n) is 2.21. The third-order valence-corrected chi connectivity index (χ3v) is 2.42. The molecule has 0 fully saturated rings. The highest BCUT2D eigenvalue weighted by Gasteiger charge is 2.29. The number of rotatable bonds is 1. The minimum Gasteiger partial charge on any atom is -0.268 e. The van der Waals surface area contributed by atoms with Crippen molar-refractivity contribution in [3.05, 3.63) is 46.7 Å². The maximum absolute atomic E-state index is 12.4. The van der Waals surface area contributed by atoms with Crippen molar-refractivity contribution in [1.82, 2.24) is 10.2 Å². The minimum atomic E-state index is -4.32. The number of nitrogens with zero attached hydrogens (tertiary/aromatic N) is 1. The number of aromatic amines is 1. The molecule has 0 atom stereocenters. The lowest BCUT2D eigenvalue weighted by molar-refractivity contribution is -0.137. The number of hydrogen-bond acceptors (Lipinski definition) is 2. The Morgan fingerprint density at radius 1 is 1.06 bits per heavy atom. The highest BCUT2D eigenvalue weighted by atomic mass is 32.1. The van der Waals surface area contributed by atoms with Gasteiger partial charge in [-0.25, -0.2) is 0 Å². The zero-order valence-corrected chi connectivity index (χ0v) is 9.27. The predicted molar refractivity (Wildman–Crippen MR) is 59.9 cm³/mol. The maximum atomic E-state index is 12.4. The smallest absolute Gasteiger partial charge is 0.268 e. The zero-order chi connectivity index (χ0) is 12.5. The van der Waals surface area contributed by atoms with Gasteiger partial charge in [-0.05, 0) is 23.8 Å². The first-order valence-corrected chi connectivity index (χ1v) is 5.10. The molecule has 2 nitrogen and oxygen atoms in total. The Kier molecular flexibility index (Phi) is 2.97. The summed E-state index contributed by atoms with van der Waals surface area (Å²) in [5.74, 6) is 0. The molecular formula is C11H7F3N2S. The fourth-order valence-corrected chi connectivity index (χ4v) is 1.57. The molecule has 0 aliphatic carbocycles. The third kappa shape index (κ3) is 2.71. The molecule has 0 radical (unpaired) electrons. The molecule has 0 amide bonds. The minimum absolute atomic E-state index is 0.433. The average molecular weight is 256 g/mol. The summed E-state index contributed by atoms with van der Waals surface area (Å²) in [6.07, 6.45) is -2.80. The molecule has 0 saturated heterocycles. The molecule has 2 rings (SSSR count). The Morgan fingerprint density at radius 3 is 2.24 bits per heavy atom. The van der Waals surface area contributed by atoms with E-state index in [1.54, 1.807) is 6.07 Å². The average Bonchev–Trinajstić information content (AvgIpc) is 2.28. The molecule has 6 heteroatoms. The number of halogens is 3. The second-order valence-corrected chi connectivity index (χ2v) is 3.85. The van der Waals surface area contributed by atoms with Crippen LogP contribution in [0, 0.1) is 4.64 Å². The number of hydrogen-bond donors (Lipinski definition) is 1. The predicted octanol–water partition coefficient (Wildman–Crippen LogP) is 3.82. The molecule has 88 valence electrons. The van der Waals surface area contributed by atoms with Crippen molar-refractivity contribution in [2.75, 3.05) is 0 Å². The molecule has 0 aliphatic heterocycles. The topological polar surface area (TPSA) is 28.7 Å². The quantitative estimate of drug-likeness (QED) is 0.786. The number of benzene rings is 1. The van der Waals surface area contributed by atoms with Crippen LogP contribution in [-0.2, 0) is 6.18 Å². The first-order valence-electron chi connectivity index (χ1n) is 4.69. The van der Waals surface area contributed by atoms with Gasteiger partial charge in [-0.3, -0.25) is 5.10 Å². The number of nitrogens with one attached hydrogen (secondary N) is 1. The summed E-state index contributed by atoms with van der Waals surface area (Å²) in [4.78, 5) is 0. The lowest BCUT2D eigenvalue weighted by Gasteiger charge is -2.07. The summed E-state index contributed by atoms with van der Waals surface area (Å²) < 4.78 is 37.5. The Hall–Kier alpha value is -1.69. The van der Waals surface area contributed by atoms with E-state index in [1.807, 2.05) is 0 Å². The van der Waals surface area contributed by atoms with Crippen molar-refractivity contribution in [1.29, 1.82) is 0 Å². The normalized spacial score (nSPS) is 11.5. The van der Waals surface area contributed by atoms with Crippen LogP contribution >= 0.6 is 12.2 Å². The first kappa shape index (κ1) is 11.8. The molecule has 0 aliphatic rings. The van der Waals surface area contributed by atoms with E-state index in [-0.39, 0.29) is 0 Å². The second kappa shape index (κ2) is 4.29.